The molecule has 1 aliphatic carbocycles. The van der Waals surface area contributed by atoms with Gasteiger partial charge < -0.3 is 14.6 Å². The Kier molecular flexibility index (Phi) is 5.64. The van der Waals surface area contributed by atoms with Gasteiger partial charge in [-0.25, -0.2) is 9.97 Å². The summed E-state index contributed by atoms with van der Waals surface area (Å²) >= 11 is 0. The minimum absolute atomic E-state index is 0.0982. The predicted octanol–water partition coefficient (Wildman–Crippen LogP) is 4.06. The van der Waals surface area contributed by atoms with Crippen LogP contribution in [0.2, 0.25) is 0 Å². The molecule has 4 rings (SSSR count). The van der Waals surface area contributed by atoms with Crippen LogP contribution in [0.3, 0.4) is 0 Å². The van der Waals surface area contributed by atoms with E-state index in [1.54, 1.807) is 6.33 Å². The lowest BCUT2D eigenvalue weighted by molar-refractivity contribution is -0.125. The molecule has 1 amide bonds. The number of nitrogens with one attached hydrogen (secondary N) is 1. The second kappa shape index (κ2) is 8.33. The molecule has 0 aromatic carbocycles. The number of amides is 1. The van der Waals surface area contributed by atoms with Gasteiger partial charge in [-0.3, -0.25) is 4.79 Å². The van der Waals surface area contributed by atoms with E-state index >= 15 is 0 Å². The average Bonchev–Trinajstić information content (AvgIpc) is 3.03. The molecule has 2 aromatic rings. The van der Waals surface area contributed by atoms with Gasteiger partial charge in [0.2, 0.25) is 11.6 Å². The smallest absolute Gasteiger partial charge is 0.231 e. The Morgan fingerprint density at radius 1 is 1.25 bits per heavy atom. The standard InChI is InChI=1S/C22H30N4O2/c1-15-16(2)28-22-19(15)20(24-14-25-22)26-12-9-18(10-13-26)21(27)23-11-8-17-6-4-3-5-7-17/h6,14,18H,3-5,7-13H2,1-2H3,(H,23,27). The van der Waals surface area contributed by atoms with Crippen LogP contribution in [0, 0.1) is 19.8 Å². The molecule has 0 saturated carbocycles. The maximum atomic E-state index is 12.6. The summed E-state index contributed by atoms with van der Waals surface area (Å²) in [6, 6.07) is 0. The molecule has 150 valence electrons. The molecule has 0 radical (unpaired) electrons. The Bertz CT molecular complexity index is 878. The Morgan fingerprint density at radius 2 is 2.07 bits per heavy atom. The molecule has 3 heterocycles. The fourth-order valence-corrected chi connectivity index (χ4v) is 4.38. The third-order valence-corrected chi connectivity index (χ3v) is 6.24. The molecule has 0 atom stereocenters. The van der Waals surface area contributed by atoms with Crippen LogP contribution in [0.4, 0.5) is 5.82 Å². The van der Waals surface area contributed by atoms with Gasteiger partial charge in [0.25, 0.3) is 0 Å². The number of nitrogens with zero attached hydrogens (tertiary/aromatic N) is 3. The lowest BCUT2D eigenvalue weighted by Crippen LogP contribution is -2.41. The minimum atomic E-state index is 0.0982. The van der Waals surface area contributed by atoms with Crippen LogP contribution in [0.15, 0.2) is 22.4 Å². The Hall–Kier alpha value is -2.37. The van der Waals surface area contributed by atoms with Gasteiger partial charge in [0.1, 0.15) is 17.9 Å². The lowest BCUT2D eigenvalue weighted by atomic mass is 9.95. The van der Waals surface area contributed by atoms with Gasteiger partial charge in [-0.05, 0) is 58.8 Å². The predicted molar refractivity (Wildman–Crippen MR) is 110 cm³/mol. The number of carbonyl (C=O) groups excluding carboxylic acids is 1. The van der Waals surface area contributed by atoms with Gasteiger partial charge >= 0.3 is 0 Å². The first kappa shape index (κ1) is 19.0. The van der Waals surface area contributed by atoms with Crippen molar-refractivity contribution in [3.05, 3.63) is 29.3 Å². The summed E-state index contributed by atoms with van der Waals surface area (Å²) in [5.74, 6) is 2.13. The highest BCUT2D eigenvalue weighted by molar-refractivity contribution is 5.90. The summed E-state index contributed by atoms with van der Waals surface area (Å²) in [6.45, 7) is 6.44. The summed E-state index contributed by atoms with van der Waals surface area (Å²) in [5, 5.41) is 4.16. The Morgan fingerprint density at radius 3 is 2.82 bits per heavy atom. The number of fused-ring (bicyclic) bond motifs is 1. The highest BCUT2D eigenvalue weighted by Gasteiger charge is 2.27. The average molecular weight is 383 g/mol. The van der Waals surface area contributed by atoms with Crippen LogP contribution < -0.4 is 10.2 Å². The van der Waals surface area contributed by atoms with E-state index in [1.807, 2.05) is 6.92 Å². The van der Waals surface area contributed by atoms with Gasteiger partial charge in [-0.1, -0.05) is 11.6 Å². The zero-order chi connectivity index (χ0) is 19.5. The Balaban J connectivity index is 1.32. The van der Waals surface area contributed by atoms with Crippen molar-refractivity contribution in [2.75, 3.05) is 24.5 Å². The molecule has 0 unspecified atom stereocenters. The Labute approximate surface area is 166 Å². The topological polar surface area (TPSA) is 71.3 Å². The summed E-state index contributed by atoms with van der Waals surface area (Å²) in [6.07, 6.45) is 11.7. The third kappa shape index (κ3) is 3.91. The lowest BCUT2D eigenvalue weighted by Gasteiger charge is -2.32. The molecule has 6 nitrogen and oxygen atoms in total. The molecular formula is C22H30N4O2. The van der Waals surface area contributed by atoms with Crippen molar-refractivity contribution in [3.63, 3.8) is 0 Å². The van der Waals surface area contributed by atoms with Crippen LogP contribution in [0.5, 0.6) is 0 Å². The van der Waals surface area contributed by atoms with E-state index in [-0.39, 0.29) is 11.8 Å². The third-order valence-electron chi connectivity index (χ3n) is 6.24. The summed E-state index contributed by atoms with van der Waals surface area (Å²) in [7, 11) is 0. The fourth-order valence-electron chi connectivity index (χ4n) is 4.38. The number of allylic oxidation sites excluding steroid dienone is 1. The number of aromatic nitrogens is 2. The van der Waals surface area contributed by atoms with Gasteiger partial charge in [0, 0.05) is 31.1 Å². The zero-order valence-corrected chi connectivity index (χ0v) is 17.0. The van der Waals surface area contributed by atoms with Crippen molar-refractivity contribution in [1.29, 1.82) is 0 Å². The van der Waals surface area contributed by atoms with Gasteiger partial charge in [-0.15, -0.1) is 0 Å². The quantitative estimate of drug-likeness (QED) is 0.790. The molecule has 6 heteroatoms. The van der Waals surface area contributed by atoms with Crippen molar-refractivity contribution in [1.82, 2.24) is 15.3 Å². The number of hydrogen-bond acceptors (Lipinski definition) is 5. The second-order valence-corrected chi connectivity index (χ2v) is 8.07. The van der Waals surface area contributed by atoms with Crippen molar-refractivity contribution >= 4 is 22.8 Å². The van der Waals surface area contributed by atoms with E-state index in [2.05, 4.69) is 33.2 Å². The summed E-state index contributed by atoms with van der Waals surface area (Å²) in [5.41, 5.74) is 3.26. The molecule has 0 bridgehead atoms. The summed E-state index contributed by atoms with van der Waals surface area (Å²) in [4.78, 5) is 23.6. The normalized spacial score (nSPS) is 18.4. The van der Waals surface area contributed by atoms with Crippen LogP contribution in [-0.4, -0.2) is 35.5 Å². The van der Waals surface area contributed by atoms with Crippen molar-refractivity contribution in [2.45, 2.75) is 58.8 Å². The van der Waals surface area contributed by atoms with E-state index in [4.69, 9.17) is 4.42 Å². The molecule has 1 fully saturated rings. The van der Waals surface area contributed by atoms with Crippen LogP contribution in [-0.2, 0) is 4.79 Å². The monoisotopic (exact) mass is 382 g/mol. The minimum Gasteiger partial charge on any atom is -0.443 e. The zero-order valence-electron chi connectivity index (χ0n) is 17.0. The molecule has 2 aromatic heterocycles. The molecular weight excluding hydrogens is 352 g/mol. The number of furan rings is 1. The van der Waals surface area contributed by atoms with Crippen molar-refractivity contribution in [2.24, 2.45) is 5.92 Å². The van der Waals surface area contributed by atoms with Crippen molar-refractivity contribution in [3.8, 4) is 0 Å². The molecule has 1 saturated heterocycles. The molecule has 28 heavy (non-hydrogen) atoms. The molecule has 0 spiro atoms. The van der Waals surface area contributed by atoms with Crippen LogP contribution >= 0.6 is 0 Å². The van der Waals surface area contributed by atoms with Gasteiger partial charge in [0.15, 0.2) is 0 Å². The SMILES string of the molecule is Cc1oc2ncnc(N3CCC(C(=O)NCCC4=CCCCC4)CC3)c2c1C. The van der Waals surface area contributed by atoms with Crippen LogP contribution in [0.25, 0.3) is 11.1 Å². The number of anilines is 1. The van der Waals surface area contributed by atoms with E-state index in [1.165, 1.54) is 31.3 Å². The van der Waals surface area contributed by atoms with Crippen molar-refractivity contribution < 1.29 is 9.21 Å². The highest BCUT2D eigenvalue weighted by atomic mass is 16.3. The molecule has 1 N–H and O–H groups in total. The molecule has 2 aliphatic rings. The van der Waals surface area contributed by atoms with Crippen LogP contribution in [0.1, 0.15) is 56.3 Å². The van der Waals surface area contributed by atoms with Gasteiger partial charge in [0.05, 0.1) is 5.39 Å². The number of aryl methyl sites for hydroxylation is 2. The maximum Gasteiger partial charge on any atom is 0.231 e. The number of rotatable bonds is 5. The summed E-state index contributed by atoms with van der Waals surface area (Å²) < 4.78 is 5.74. The van der Waals surface area contributed by atoms with E-state index < -0.39 is 0 Å². The number of hydrogen-bond donors (Lipinski definition) is 1. The first-order chi connectivity index (χ1) is 13.6. The van der Waals surface area contributed by atoms with E-state index in [0.29, 0.717) is 5.71 Å². The first-order valence-corrected chi connectivity index (χ1v) is 10.5. The van der Waals surface area contributed by atoms with Gasteiger partial charge in [-0.2, -0.15) is 0 Å². The van der Waals surface area contributed by atoms with E-state index in [9.17, 15) is 4.79 Å². The maximum absolute atomic E-state index is 12.6. The number of carbonyl (C=O) groups is 1. The second-order valence-electron chi connectivity index (χ2n) is 8.07. The first-order valence-electron chi connectivity index (χ1n) is 10.5. The number of piperidine rings is 1. The van der Waals surface area contributed by atoms with E-state index in [0.717, 1.165) is 61.4 Å². The fraction of sp³-hybridized carbons (Fsp3) is 0.591. The molecule has 1 aliphatic heterocycles. The highest BCUT2D eigenvalue weighted by Crippen LogP contribution is 2.32. The largest absolute Gasteiger partial charge is 0.443 e.